The van der Waals surface area contributed by atoms with Crippen LogP contribution in [0.1, 0.15) is 28.5 Å². The molecule has 0 atom stereocenters. The summed E-state index contributed by atoms with van der Waals surface area (Å²) in [4.78, 5) is 2.56. The fourth-order valence-electron chi connectivity index (χ4n) is 2.45. The number of hydrogen-bond donors (Lipinski definition) is 1. The van der Waals surface area contributed by atoms with Gasteiger partial charge in [0.15, 0.2) is 5.00 Å². The van der Waals surface area contributed by atoms with Crippen LogP contribution in [0.15, 0.2) is 28.4 Å². The highest BCUT2D eigenvalue weighted by molar-refractivity contribution is 7.16. The lowest BCUT2D eigenvalue weighted by Gasteiger charge is -2.22. The monoisotopic (exact) mass is 353 g/mol. The Bertz CT molecular complexity index is 873. The number of likely N-dealkylation sites (N-methyl/N-ethyl adjacent to an activating group) is 1. The minimum atomic E-state index is 0.101. The molecule has 0 aliphatic rings. The lowest BCUT2D eigenvalue weighted by molar-refractivity contribution is 0.302. The summed E-state index contributed by atoms with van der Waals surface area (Å²) in [5.41, 5.74) is 3.73. The summed E-state index contributed by atoms with van der Waals surface area (Å²) in [5, 5.41) is 36.4. The molecule has 0 fully saturated rings. The van der Waals surface area contributed by atoms with Crippen LogP contribution in [0.3, 0.4) is 0 Å². The van der Waals surface area contributed by atoms with E-state index in [1.807, 2.05) is 32.0 Å². The predicted molar refractivity (Wildman–Crippen MR) is 98.8 cm³/mol. The van der Waals surface area contributed by atoms with Crippen molar-refractivity contribution in [2.24, 2.45) is 10.2 Å². The van der Waals surface area contributed by atoms with Crippen LogP contribution in [-0.2, 0) is 0 Å². The Morgan fingerprint density at radius 1 is 1.20 bits per heavy atom. The predicted octanol–water partition coefficient (Wildman–Crippen LogP) is 4.34. The number of azo groups is 1. The second kappa shape index (κ2) is 8.39. The number of anilines is 1. The van der Waals surface area contributed by atoms with Gasteiger partial charge in [0.1, 0.15) is 17.0 Å². The highest BCUT2D eigenvalue weighted by Gasteiger charge is 2.14. The Kier molecular flexibility index (Phi) is 6.24. The van der Waals surface area contributed by atoms with Crippen molar-refractivity contribution in [1.29, 1.82) is 10.5 Å². The largest absolute Gasteiger partial charge is 0.395 e. The molecule has 128 valence electrons. The van der Waals surface area contributed by atoms with E-state index in [1.54, 1.807) is 6.92 Å². The first kappa shape index (κ1) is 18.6. The number of aliphatic hydroxyl groups is 1. The summed E-state index contributed by atoms with van der Waals surface area (Å²) >= 11 is 1.17. The summed E-state index contributed by atoms with van der Waals surface area (Å²) < 4.78 is 0. The Morgan fingerprint density at radius 3 is 2.52 bits per heavy atom. The maximum Gasteiger partial charge on any atom is 0.158 e. The normalized spacial score (nSPS) is 10.6. The number of thiophene rings is 1. The third kappa shape index (κ3) is 4.03. The molecule has 2 aromatic rings. The Labute approximate surface area is 151 Å². The van der Waals surface area contributed by atoms with Crippen LogP contribution in [0.25, 0.3) is 0 Å². The van der Waals surface area contributed by atoms with E-state index >= 15 is 0 Å². The molecule has 0 unspecified atom stereocenters. The molecule has 1 aromatic carbocycles. The van der Waals surface area contributed by atoms with E-state index in [0.29, 0.717) is 33.2 Å². The van der Waals surface area contributed by atoms with Crippen LogP contribution in [0.5, 0.6) is 0 Å². The maximum atomic E-state index is 9.25. The zero-order valence-electron chi connectivity index (χ0n) is 14.4. The van der Waals surface area contributed by atoms with Crippen LogP contribution < -0.4 is 4.90 Å². The zero-order valence-corrected chi connectivity index (χ0v) is 15.3. The van der Waals surface area contributed by atoms with Crippen molar-refractivity contribution in [2.45, 2.75) is 20.8 Å². The number of rotatable bonds is 6. The first-order valence-electron chi connectivity index (χ1n) is 7.87. The van der Waals surface area contributed by atoms with Crippen molar-refractivity contribution in [3.8, 4) is 12.1 Å². The number of benzene rings is 1. The van der Waals surface area contributed by atoms with E-state index < -0.39 is 0 Å². The molecule has 0 aliphatic heterocycles. The summed E-state index contributed by atoms with van der Waals surface area (Å²) in [6.45, 7) is 7.20. The van der Waals surface area contributed by atoms with E-state index in [2.05, 4.69) is 27.3 Å². The molecule has 0 amide bonds. The van der Waals surface area contributed by atoms with Gasteiger partial charge in [-0.3, -0.25) is 0 Å². The number of aliphatic hydroxyl groups excluding tert-OH is 1. The van der Waals surface area contributed by atoms with Gasteiger partial charge in [-0.2, -0.15) is 10.5 Å². The summed E-state index contributed by atoms with van der Waals surface area (Å²) in [5.74, 6) is 0. The molecule has 2 rings (SSSR count). The average molecular weight is 353 g/mol. The molecular weight excluding hydrogens is 334 g/mol. The molecule has 0 bridgehead atoms. The Balaban J connectivity index is 2.31. The van der Waals surface area contributed by atoms with Crippen LogP contribution >= 0.6 is 11.3 Å². The minimum absolute atomic E-state index is 0.101. The lowest BCUT2D eigenvalue weighted by atomic mass is 10.1. The third-order valence-corrected chi connectivity index (χ3v) is 4.97. The maximum absolute atomic E-state index is 9.25. The smallest absolute Gasteiger partial charge is 0.158 e. The number of hydrogen-bond acceptors (Lipinski definition) is 7. The lowest BCUT2D eigenvalue weighted by Crippen LogP contribution is -2.26. The van der Waals surface area contributed by atoms with Gasteiger partial charge in [0.05, 0.1) is 17.9 Å². The molecule has 0 spiro atoms. The van der Waals surface area contributed by atoms with Gasteiger partial charge in [-0.1, -0.05) is 0 Å². The topological polar surface area (TPSA) is 95.8 Å². The van der Waals surface area contributed by atoms with Crippen molar-refractivity contribution < 1.29 is 5.11 Å². The van der Waals surface area contributed by atoms with E-state index in [0.717, 1.165) is 17.8 Å². The van der Waals surface area contributed by atoms with Gasteiger partial charge in [0.2, 0.25) is 0 Å². The Hall–Kier alpha value is -2.74. The van der Waals surface area contributed by atoms with Crippen LogP contribution in [0.2, 0.25) is 0 Å². The van der Waals surface area contributed by atoms with E-state index in [-0.39, 0.29) is 6.61 Å². The SMILES string of the molecule is CCN(CCO)c1ccc(N=Nc2sc(C#N)c(C)c2C#N)c(C)c1. The van der Waals surface area contributed by atoms with Gasteiger partial charge in [0.25, 0.3) is 0 Å². The highest BCUT2D eigenvalue weighted by atomic mass is 32.1. The van der Waals surface area contributed by atoms with Gasteiger partial charge in [-0.05, 0) is 50.1 Å². The van der Waals surface area contributed by atoms with Crippen molar-refractivity contribution in [2.75, 3.05) is 24.6 Å². The number of aryl methyl sites for hydroxylation is 1. The molecular formula is C18H19N5OS. The van der Waals surface area contributed by atoms with Crippen LogP contribution in [0.4, 0.5) is 16.4 Å². The van der Waals surface area contributed by atoms with Gasteiger partial charge in [-0.15, -0.1) is 21.6 Å². The van der Waals surface area contributed by atoms with Gasteiger partial charge >= 0.3 is 0 Å². The van der Waals surface area contributed by atoms with Crippen LogP contribution in [0, 0.1) is 36.5 Å². The Morgan fingerprint density at radius 2 is 1.96 bits per heavy atom. The molecule has 6 nitrogen and oxygen atoms in total. The van der Waals surface area contributed by atoms with E-state index in [4.69, 9.17) is 10.4 Å². The standard InChI is InChI=1S/C18H19N5OS/c1-4-23(7-8-24)14-5-6-16(12(2)9-14)21-22-18-15(10-19)13(3)17(11-20)25-18/h5-6,9,24H,4,7-8H2,1-3H3. The highest BCUT2D eigenvalue weighted by Crippen LogP contribution is 2.36. The molecule has 25 heavy (non-hydrogen) atoms. The number of nitriles is 2. The van der Waals surface area contributed by atoms with E-state index in [9.17, 15) is 5.26 Å². The summed E-state index contributed by atoms with van der Waals surface area (Å²) in [6.07, 6.45) is 0. The molecule has 1 heterocycles. The van der Waals surface area contributed by atoms with Gasteiger partial charge in [0, 0.05) is 18.8 Å². The van der Waals surface area contributed by atoms with Crippen LogP contribution in [-0.4, -0.2) is 24.8 Å². The van der Waals surface area contributed by atoms with Crippen molar-refractivity contribution in [3.63, 3.8) is 0 Å². The van der Waals surface area contributed by atoms with Crippen molar-refractivity contribution in [3.05, 3.63) is 39.8 Å². The second-order valence-corrected chi connectivity index (χ2v) is 6.43. The molecule has 0 aliphatic carbocycles. The summed E-state index contributed by atoms with van der Waals surface area (Å²) in [7, 11) is 0. The molecule has 7 heteroatoms. The minimum Gasteiger partial charge on any atom is -0.395 e. The fraction of sp³-hybridized carbons (Fsp3) is 0.333. The van der Waals surface area contributed by atoms with Gasteiger partial charge < -0.3 is 10.0 Å². The van der Waals surface area contributed by atoms with Crippen molar-refractivity contribution in [1.82, 2.24) is 0 Å². The van der Waals surface area contributed by atoms with Gasteiger partial charge in [-0.25, -0.2) is 0 Å². The van der Waals surface area contributed by atoms with Crippen molar-refractivity contribution >= 4 is 27.7 Å². The molecule has 1 N–H and O–H groups in total. The second-order valence-electron chi connectivity index (χ2n) is 5.43. The fourth-order valence-corrected chi connectivity index (χ4v) is 3.32. The zero-order chi connectivity index (χ0) is 18.4. The quantitative estimate of drug-likeness (QED) is 0.781. The van der Waals surface area contributed by atoms with E-state index in [1.165, 1.54) is 11.3 Å². The third-order valence-electron chi connectivity index (χ3n) is 3.89. The first-order chi connectivity index (χ1) is 12.0. The number of nitrogens with zero attached hydrogens (tertiary/aromatic N) is 5. The molecule has 0 radical (unpaired) electrons. The summed E-state index contributed by atoms with van der Waals surface area (Å²) in [6, 6.07) is 9.97. The molecule has 1 aromatic heterocycles. The molecule has 0 saturated carbocycles. The first-order valence-corrected chi connectivity index (χ1v) is 8.69. The molecule has 0 saturated heterocycles. The average Bonchev–Trinajstić information content (AvgIpc) is 2.93.